The molecule has 7 heteroatoms. The first kappa shape index (κ1) is 7.61. The molecule has 0 amide bonds. The van der Waals surface area contributed by atoms with Gasteiger partial charge in [-0.2, -0.15) is 0 Å². The van der Waals surface area contributed by atoms with Crippen LogP contribution in [0.3, 0.4) is 0 Å². The Morgan fingerprint density at radius 3 is 3.00 bits per heavy atom. The second kappa shape index (κ2) is 3.06. The van der Waals surface area contributed by atoms with Crippen molar-refractivity contribution in [2.75, 3.05) is 6.61 Å². The van der Waals surface area contributed by atoms with Gasteiger partial charge >= 0.3 is 5.82 Å². The summed E-state index contributed by atoms with van der Waals surface area (Å²) in [6.07, 6.45) is 1.04. The second-order valence-electron chi connectivity index (χ2n) is 1.78. The molecule has 0 atom stereocenters. The highest BCUT2D eigenvalue weighted by molar-refractivity contribution is 5.07. The first-order valence-electron chi connectivity index (χ1n) is 2.89. The molecule has 0 aliphatic heterocycles. The Morgan fingerprint density at radius 2 is 2.55 bits per heavy atom. The van der Waals surface area contributed by atoms with E-state index in [1.165, 1.54) is 0 Å². The molecule has 0 spiro atoms. The van der Waals surface area contributed by atoms with Crippen molar-refractivity contribution in [3.63, 3.8) is 0 Å². The van der Waals surface area contributed by atoms with Gasteiger partial charge in [-0.25, -0.2) is 0 Å². The van der Waals surface area contributed by atoms with Crippen molar-refractivity contribution < 1.29 is 10.0 Å². The molecule has 1 heterocycles. The first-order chi connectivity index (χ1) is 5.24. The topological polar surface area (TPSA) is 94.1 Å². The lowest BCUT2D eigenvalue weighted by Gasteiger charge is -1.85. The Bertz CT molecular complexity index is 258. The maximum absolute atomic E-state index is 10.0. The van der Waals surface area contributed by atoms with Gasteiger partial charge in [-0.1, -0.05) is 4.80 Å². The van der Waals surface area contributed by atoms with E-state index >= 15 is 0 Å². The Hall–Kier alpha value is -1.50. The molecule has 1 aromatic rings. The summed E-state index contributed by atoms with van der Waals surface area (Å²) in [6.45, 7) is 0.0413. The van der Waals surface area contributed by atoms with Crippen LogP contribution in [-0.4, -0.2) is 31.6 Å². The lowest BCUT2D eigenvalue weighted by atomic mass is 10.7. The van der Waals surface area contributed by atoms with E-state index in [0.29, 0.717) is 0 Å². The predicted molar refractivity (Wildman–Crippen MR) is 33.8 cm³/mol. The number of aliphatic hydroxyl groups is 1. The molecule has 0 aromatic carbocycles. The van der Waals surface area contributed by atoms with E-state index in [-0.39, 0.29) is 19.0 Å². The second-order valence-corrected chi connectivity index (χ2v) is 1.78. The largest absolute Gasteiger partial charge is 0.410 e. The van der Waals surface area contributed by atoms with Crippen LogP contribution in [0.15, 0.2) is 6.20 Å². The third-order valence-corrected chi connectivity index (χ3v) is 1.01. The van der Waals surface area contributed by atoms with Crippen LogP contribution in [0.4, 0.5) is 5.82 Å². The van der Waals surface area contributed by atoms with E-state index in [1.54, 1.807) is 0 Å². The van der Waals surface area contributed by atoms with Crippen LogP contribution in [0.1, 0.15) is 0 Å². The zero-order valence-electron chi connectivity index (χ0n) is 5.54. The minimum absolute atomic E-state index is 0.133. The number of nitro groups is 1. The summed E-state index contributed by atoms with van der Waals surface area (Å²) in [7, 11) is 0. The standard InChI is InChI=1S/C4H6N4O3/c9-2-1-7-5-3-4(6-7)8(10)11/h3,9H,1-2H2. The van der Waals surface area contributed by atoms with Gasteiger partial charge in [0.05, 0.1) is 11.7 Å². The molecule has 1 rings (SSSR count). The van der Waals surface area contributed by atoms with Crippen LogP contribution >= 0.6 is 0 Å². The smallest absolute Gasteiger partial charge is 0.394 e. The average Bonchev–Trinajstić information content (AvgIpc) is 2.37. The summed E-state index contributed by atoms with van der Waals surface area (Å²) in [5.41, 5.74) is 0. The molecule has 0 aliphatic carbocycles. The third kappa shape index (κ3) is 1.71. The molecule has 0 saturated heterocycles. The fourth-order valence-electron chi connectivity index (χ4n) is 0.569. The monoisotopic (exact) mass is 158 g/mol. The Labute approximate surface area is 61.4 Å². The summed E-state index contributed by atoms with van der Waals surface area (Å²) >= 11 is 0. The van der Waals surface area contributed by atoms with Crippen LogP contribution in [0.25, 0.3) is 0 Å². The van der Waals surface area contributed by atoms with E-state index in [4.69, 9.17) is 5.11 Å². The number of hydrogen-bond donors (Lipinski definition) is 1. The van der Waals surface area contributed by atoms with Gasteiger partial charge in [0.1, 0.15) is 6.54 Å². The lowest BCUT2D eigenvalue weighted by molar-refractivity contribution is -0.389. The fourth-order valence-corrected chi connectivity index (χ4v) is 0.569. The maximum atomic E-state index is 10.0. The Morgan fingerprint density at radius 1 is 1.82 bits per heavy atom. The van der Waals surface area contributed by atoms with Gasteiger partial charge in [-0.15, -0.1) is 5.10 Å². The molecule has 11 heavy (non-hydrogen) atoms. The summed E-state index contributed by atoms with van der Waals surface area (Å²) < 4.78 is 0. The van der Waals surface area contributed by atoms with Crippen molar-refractivity contribution in [3.8, 4) is 0 Å². The summed E-state index contributed by atoms with van der Waals surface area (Å²) in [5, 5.41) is 25.4. The van der Waals surface area contributed by atoms with Crippen molar-refractivity contribution in [2.24, 2.45) is 0 Å². The van der Waals surface area contributed by atoms with Crippen molar-refractivity contribution in [3.05, 3.63) is 16.3 Å². The van der Waals surface area contributed by atoms with Gasteiger partial charge in [0.15, 0.2) is 6.20 Å². The van der Waals surface area contributed by atoms with Gasteiger partial charge < -0.3 is 15.2 Å². The quantitative estimate of drug-likeness (QED) is 0.458. The Balaban J connectivity index is 2.73. The lowest BCUT2D eigenvalue weighted by Crippen LogP contribution is -2.05. The molecular weight excluding hydrogens is 152 g/mol. The number of nitrogens with zero attached hydrogens (tertiary/aromatic N) is 4. The fraction of sp³-hybridized carbons (Fsp3) is 0.500. The maximum Gasteiger partial charge on any atom is 0.410 e. The average molecular weight is 158 g/mol. The number of rotatable bonds is 3. The van der Waals surface area contributed by atoms with Crippen LogP contribution in [0.5, 0.6) is 0 Å². The van der Waals surface area contributed by atoms with Crippen molar-refractivity contribution in [1.29, 1.82) is 0 Å². The third-order valence-electron chi connectivity index (χ3n) is 1.01. The number of aromatic nitrogens is 3. The molecule has 0 aliphatic rings. The molecule has 0 bridgehead atoms. The van der Waals surface area contributed by atoms with Gasteiger partial charge in [-0.3, -0.25) is 0 Å². The van der Waals surface area contributed by atoms with E-state index in [1.807, 2.05) is 0 Å². The van der Waals surface area contributed by atoms with Gasteiger partial charge in [0.25, 0.3) is 0 Å². The van der Waals surface area contributed by atoms with Crippen LogP contribution < -0.4 is 0 Å². The summed E-state index contributed by atoms with van der Waals surface area (Å²) in [6, 6.07) is 0. The number of hydrogen-bond acceptors (Lipinski definition) is 5. The highest BCUT2D eigenvalue weighted by Crippen LogP contribution is 2.00. The van der Waals surface area contributed by atoms with Crippen molar-refractivity contribution in [1.82, 2.24) is 15.0 Å². The minimum atomic E-state index is -0.638. The SMILES string of the molecule is O=[N+]([O-])c1cnn(CCO)n1. The normalized spacial score (nSPS) is 9.91. The molecule has 0 radical (unpaired) electrons. The zero-order chi connectivity index (χ0) is 8.27. The molecule has 0 fully saturated rings. The molecule has 60 valence electrons. The van der Waals surface area contributed by atoms with Crippen LogP contribution in [-0.2, 0) is 6.54 Å². The molecule has 7 nitrogen and oxygen atoms in total. The zero-order valence-corrected chi connectivity index (χ0v) is 5.54. The van der Waals surface area contributed by atoms with Crippen LogP contribution in [0, 0.1) is 10.1 Å². The Kier molecular flexibility index (Phi) is 2.12. The molecule has 1 N–H and O–H groups in total. The van der Waals surface area contributed by atoms with E-state index in [9.17, 15) is 10.1 Å². The predicted octanol–water partition coefficient (Wildman–Crippen LogP) is -0.821. The minimum Gasteiger partial charge on any atom is -0.394 e. The van der Waals surface area contributed by atoms with E-state index in [0.717, 1.165) is 11.0 Å². The summed E-state index contributed by atoms with van der Waals surface area (Å²) in [4.78, 5) is 10.5. The van der Waals surface area contributed by atoms with E-state index in [2.05, 4.69) is 10.2 Å². The number of aliphatic hydroxyl groups excluding tert-OH is 1. The molecular formula is C4H6N4O3. The van der Waals surface area contributed by atoms with Crippen LogP contribution in [0.2, 0.25) is 0 Å². The van der Waals surface area contributed by atoms with Crippen molar-refractivity contribution >= 4 is 5.82 Å². The summed E-state index contributed by atoms with van der Waals surface area (Å²) in [5.74, 6) is -0.307. The highest BCUT2D eigenvalue weighted by Gasteiger charge is 2.10. The van der Waals surface area contributed by atoms with Gasteiger partial charge in [0, 0.05) is 0 Å². The van der Waals surface area contributed by atoms with E-state index < -0.39 is 4.92 Å². The van der Waals surface area contributed by atoms with Gasteiger partial charge in [0.2, 0.25) is 0 Å². The molecule has 1 aromatic heterocycles. The first-order valence-corrected chi connectivity index (χ1v) is 2.89. The molecule has 0 unspecified atom stereocenters. The highest BCUT2D eigenvalue weighted by atomic mass is 16.6. The van der Waals surface area contributed by atoms with Gasteiger partial charge in [-0.05, 0) is 4.92 Å². The van der Waals surface area contributed by atoms with Crippen molar-refractivity contribution in [2.45, 2.75) is 6.54 Å². The molecule has 0 saturated carbocycles.